The lowest BCUT2D eigenvalue weighted by Crippen LogP contribution is -2.61. The fourth-order valence-electron chi connectivity index (χ4n) is 7.25. The molecule has 1 aliphatic carbocycles. The van der Waals surface area contributed by atoms with Crippen LogP contribution < -0.4 is 5.32 Å². The maximum absolute atomic E-state index is 14.0. The number of benzene rings is 1. The van der Waals surface area contributed by atoms with Crippen LogP contribution in [-0.4, -0.2) is 82.8 Å². The van der Waals surface area contributed by atoms with Crippen molar-refractivity contribution in [1.82, 2.24) is 20.0 Å². The lowest BCUT2D eigenvalue weighted by Gasteiger charge is -2.47. The Morgan fingerprint density at radius 3 is 2.26 bits per heavy atom. The van der Waals surface area contributed by atoms with E-state index in [1.807, 2.05) is 24.8 Å². The number of nitrogens with one attached hydrogen (secondary N) is 1. The largest absolute Gasteiger partial charge is 0.327 e. The molecule has 0 bridgehead atoms. The molecule has 0 aromatic heterocycles. The van der Waals surface area contributed by atoms with E-state index in [1.54, 1.807) is 4.90 Å². The number of imide groups is 1. The van der Waals surface area contributed by atoms with Gasteiger partial charge in [-0.25, -0.2) is 4.79 Å². The number of hydrogen-bond acceptors (Lipinski definition) is 5. The Labute approximate surface area is 240 Å². The number of piperidine rings is 1. The smallest absolute Gasteiger partial charge is 0.316 e. The number of hydrogen-bond donors (Lipinski definition) is 1. The quantitative estimate of drug-likeness (QED) is 0.468. The molecule has 1 spiro atoms. The van der Waals surface area contributed by atoms with Crippen LogP contribution in [0.15, 0.2) is 30.3 Å². The number of Topliss-reactive ketones (excluding diaryl/α,β-unsaturated/α-hetero) is 1. The second kappa shape index (κ2) is 11.5. The summed E-state index contributed by atoms with van der Waals surface area (Å²) in [5, 5.41) is 3.58. The van der Waals surface area contributed by atoms with Gasteiger partial charge in [0.2, 0.25) is 0 Å². The molecule has 7 nitrogen and oxygen atoms in total. The third-order valence-corrected chi connectivity index (χ3v) is 9.14. The van der Waals surface area contributed by atoms with Crippen molar-refractivity contribution in [2.45, 2.75) is 90.3 Å². The molecule has 4 aliphatic rings. The fourth-order valence-corrected chi connectivity index (χ4v) is 7.25. The van der Waals surface area contributed by atoms with E-state index in [0.29, 0.717) is 50.6 Å². The molecule has 39 heavy (non-hydrogen) atoms. The van der Waals surface area contributed by atoms with Crippen LogP contribution in [0.25, 0.3) is 0 Å². The number of urea groups is 1. The Hall–Kier alpha value is -1.96. The Bertz CT molecular complexity index is 1040. The second-order valence-corrected chi connectivity index (χ2v) is 13.7. The molecule has 216 valence electrons. The predicted octanol–water partition coefficient (Wildman–Crippen LogP) is 4.70. The first-order valence-electron chi connectivity index (χ1n) is 14.7. The van der Waals surface area contributed by atoms with Gasteiger partial charge in [0.05, 0.1) is 6.04 Å². The van der Waals surface area contributed by atoms with Gasteiger partial charge in [0.1, 0.15) is 5.54 Å². The molecule has 1 unspecified atom stereocenters. The fraction of sp³-hybridized carbons (Fsp3) is 0.710. The summed E-state index contributed by atoms with van der Waals surface area (Å²) >= 11 is 0. The van der Waals surface area contributed by atoms with E-state index in [0.717, 1.165) is 25.9 Å². The molecular weight excluding hydrogens is 512 g/mol. The van der Waals surface area contributed by atoms with Crippen LogP contribution in [0.3, 0.4) is 0 Å². The van der Waals surface area contributed by atoms with Gasteiger partial charge in [-0.3, -0.25) is 19.4 Å². The highest BCUT2D eigenvalue weighted by Crippen LogP contribution is 2.43. The van der Waals surface area contributed by atoms with Crippen molar-refractivity contribution in [3.8, 4) is 0 Å². The Kier molecular flexibility index (Phi) is 8.85. The summed E-state index contributed by atoms with van der Waals surface area (Å²) in [5.41, 5.74) is 0.413. The van der Waals surface area contributed by atoms with E-state index in [4.69, 9.17) is 0 Å². The van der Waals surface area contributed by atoms with E-state index in [2.05, 4.69) is 55.3 Å². The summed E-state index contributed by atoms with van der Waals surface area (Å²) in [6.07, 6.45) is 3.92. The average molecular weight is 559 g/mol. The van der Waals surface area contributed by atoms with E-state index >= 15 is 0 Å². The van der Waals surface area contributed by atoms with Crippen LogP contribution in [0.2, 0.25) is 0 Å². The standard InChI is InChI=1S/C31H46N4O3.ClH/c1-21(2)35-29(38)34(20-22-11-12-22)28(37)31(35)13-15-33(16-14-31)27(26(36)17-30(3,4)5)25-19-32-18-24(25)23-9-7-6-8-10-23;/h6-10,21-22,24-25,27,32H,11-20H2,1-5H3;1H/t24-,25-,27?;/m1./s1. The van der Waals surface area contributed by atoms with Crippen LogP contribution in [0.5, 0.6) is 0 Å². The van der Waals surface area contributed by atoms with Crippen molar-refractivity contribution in [3.63, 3.8) is 0 Å². The first-order valence-corrected chi connectivity index (χ1v) is 14.7. The first-order chi connectivity index (χ1) is 18.0. The van der Waals surface area contributed by atoms with E-state index < -0.39 is 5.54 Å². The van der Waals surface area contributed by atoms with Crippen molar-refractivity contribution < 1.29 is 14.4 Å². The van der Waals surface area contributed by atoms with E-state index in [9.17, 15) is 14.4 Å². The van der Waals surface area contributed by atoms with Crippen LogP contribution in [-0.2, 0) is 9.59 Å². The number of carbonyl (C=O) groups excluding carboxylic acids is 3. The molecule has 3 heterocycles. The minimum Gasteiger partial charge on any atom is -0.316 e. The molecule has 3 atom stereocenters. The maximum Gasteiger partial charge on any atom is 0.327 e. The summed E-state index contributed by atoms with van der Waals surface area (Å²) in [6, 6.07) is 10.2. The maximum atomic E-state index is 14.0. The average Bonchev–Trinajstić information content (AvgIpc) is 3.52. The molecule has 1 saturated carbocycles. The van der Waals surface area contributed by atoms with E-state index in [1.165, 1.54) is 5.56 Å². The molecule has 8 heteroatoms. The van der Waals surface area contributed by atoms with Gasteiger partial charge in [0, 0.05) is 57.0 Å². The topological polar surface area (TPSA) is 73.0 Å². The zero-order chi connectivity index (χ0) is 27.2. The van der Waals surface area contributed by atoms with Crippen LogP contribution in [0, 0.1) is 17.3 Å². The van der Waals surface area contributed by atoms with Crippen molar-refractivity contribution >= 4 is 30.1 Å². The molecule has 5 rings (SSSR count). The number of nitrogens with zero attached hydrogens (tertiary/aromatic N) is 3. The number of likely N-dealkylation sites (tertiary alicyclic amines) is 1. The molecule has 1 N–H and O–H groups in total. The molecule has 1 aromatic carbocycles. The Morgan fingerprint density at radius 2 is 1.69 bits per heavy atom. The van der Waals surface area contributed by atoms with Crippen molar-refractivity contribution in [3.05, 3.63) is 35.9 Å². The van der Waals surface area contributed by atoms with Gasteiger partial charge in [-0.15, -0.1) is 12.4 Å². The molecule has 3 aliphatic heterocycles. The number of amides is 3. The SMILES string of the molecule is CC(C)N1C(=O)N(CC2CC2)C(=O)C12CCN(C(C(=O)CC(C)(C)C)[C@@H]1CNC[C@@H]1c1ccccc1)CC2.Cl. The zero-order valence-corrected chi connectivity index (χ0v) is 25.1. The predicted molar refractivity (Wildman–Crippen MR) is 156 cm³/mol. The van der Waals surface area contributed by atoms with Crippen molar-refractivity contribution in [1.29, 1.82) is 0 Å². The molecule has 0 radical (unpaired) electrons. The highest BCUT2D eigenvalue weighted by Gasteiger charge is 2.60. The summed E-state index contributed by atoms with van der Waals surface area (Å²) in [6.45, 7) is 14.0. The van der Waals surface area contributed by atoms with Crippen molar-refractivity contribution in [2.75, 3.05) is 32.7 Å². The van der Waals surface area contributed by atoms with Crippen molar-refractivity contribution in [2.24, 2.45) is 17.3 Å². The number of carbonyl (C=O) groups is 3. The van der Waals surface area contributed by atoms with Crippen LogP contribution in [0.1, 0.15) is 78.2 Å². The summed E-state index contributed by atoms with van der Waals surface area (Å²) in [7, 11) is 0. The van der Waals surface area contributed by atoms with Crippen LogP contribution >= 0.6 is 12.4 Å². The van der Waals surface area contributed by atoms with E-state index in [-0.39, 0.29) is 53.7 Å². The lowest BCUT2D eigenvalue weighted by molar-refractivity contribution is -0.138. The van der Waals surface area contributed by atoms with Gasteiger partial charge in [-0.2, -0.15) is 0 Å². The minimum absolute atomic E-state index is 0. The number of rotatable bonds is 8. The molecule has 1 aromatic rings. The zero-order valence-electron chi connectivity index (χ0n) is 24.3. The number of halogens is 1. The molecular formula is C31H47ClN4O3. The highest BCUT2D eigenvalue weighted by atomic mass is 35.5. The van der Waals surface area contributed by atoms with Gasteiger partial charge in [0.25, 0.3) is 5.91 Å². The normalized spacial score (nSPS) is 26.4. The molecule has 3 saturated heterocycles. The Balaban J connectivity index is 0.00000353. The first kappa shape index (κ1) is 30.0. The van der Waals surface area contributed by atoms with Gasteiger partial charge in [-0.05, 0) is 56.4 Å². The third-order valence-electron chi connectivity index (χ3n) is 9.14. The molecule has 4 fully saturated rings. The monoisotopic (exact) mass is 558 g/mol. The summed E-state index contributed by atoms with van der Waals surface area (Å²) in [5.74, 6) is 1.21. The van der Waals surface area contributed by atoms with Gasteiger partial charge in [-0.1, -0.05) is 51.1 Å². The summed E-state index contributed by atoms with van der Waals surface area (Å²) in [4.78, 5) is 47.0. The second-order valence-electron chi connectivity index (χ2n) is 13.7. The van der Waals surface area contributed by atoms with Gasteiger partial charge < -0.3 is 10.2 Å². The highest BCUT2D eigenvalue weighted by molar-refractivity contribution is 6.07. The van der Waals surface area contributed by atoms with Crippen LogP contribution in [0.4, 0.5) is 4.79 Å². The lowest BCUT2D eigenvalue weighted by atomic mass is 9.76. The summed E-state index contributed by atoms with van der Waals surface area (Å²) < 4.78 is 0. The van der Waals surface area contributed by atoms with Gasteiger partial charge >= 0.3 is 6.03 Å². The van der Waals surface area contributed by atoms with Gasteiger partial charge in [0.15, 0.2) is 5.78 Å². The minimum atomic E-state index is -0.777. The third kappa shape index (κ3) is 5.91. The number of ketones is 1. The Morgan fingerprint density at radius 1 is 1.05 bits per heavy atom. The molecule has 3 amide bonds.